The lowest BCUT2D eigenvalue weighted by Gasteiger charge is -2.23. The van der Waals surface area contributed by atoms with E-state index in [0.717, 1.165) is 0 Å². The van der Waals surface area contributed by atoms with Gasteiger partial charge in [0.2, 0.25) is 0 Å². The smallest absolute Gasteiger partial charge is 0.464 e. The Morgan fingerprint density at radius 2 is 1.31 bits per heavy atom. The molecule has 0 heterocycles. The molecule has 2 aromatic carbocycles. The van der Waals surface area contributed by atoms with Crippen LogP contribution in [0.25, 0.3) is 0 Å². The molecule has 0 aliphatic carbocycles. The van der Waals surface area contributed by atoms with Crippen LogP contribution in [0, 0.1) is 26.1 Å². The zero-order chi connectivity index (χ0) is 23.9. The number of benzene rings is 2. The predicted octanol–water partition coefficient (Wildman–Crippen LogP) is 4.25. The third-order valence-corrected chi connectivity index (χ3v) is 5.53. The van der Waals surface area contributed by atoms with E-state index in [1.165, 1.54) is 48.5 Å². The van der Waals surface area contributed by atoms with E-state index in [9.17, 15) is 29.6 Å². The molecule has 0 aromatic heterocycles. The summed E-state index contributed by atoms with van der Waals surface area (Å²) in [6, 6.07) is 8.98. The highest BCUT2D eigenvalue weighted by Crippen LogP contribution is 2.45. The van der Waals surface area contributed by atoms with Crippen LogP contribution in [0.5, 0.6) is 11.5 Å². The molecule has 0 aliphatic rings. The Kier molecular flexibility index (Phi) is 8.27. The van der Waals surface area contributed by atoms with E-state index in [-0.39, 0.29) is 35.4 Å². The normalized spacial score (nSPS) is 12.1. The lowest BCUT2D eigenvalue weighted by atomic mass is 10.2. The second-order valence-electron chi connectivity index (χ2n) is 7.00. The van der Waals surface area contributed by atoms with E-state index < -0.39 is 29.6 Å². The Hall–Kier alpha value is -3.50. The maximum atomic E-state index is 13.4. The van der Waals surface area contributed by atoms with Crippen molar-refractivity contribution >= 4 is 25.1 Å². The molecule has 0 unspecified atom stereocenters. The molecular weight excluding hydrogens is 445 g/mol. The van der Waals surface area contributed by atoms with Crippen molar-refractivity contribution in [1.29, 1.82) is 0 Å². The van der Waals surface area contributed by atoms with Crippen molar-refractivity contribution in [3.63, 3.8) is 0 Å². The van der Waals surface area contributed by atoms with Gasteiger partial charge in [-0.1, -0.05) is 13.8 Å². The number of nitro benzene ring substituents is 2. The summed E-state index contributed by atoms with van der Waals surface area (Å²) >= 11 is 0. The first-order valence-electron chi connectivity index (χ1n) is 9.41. The van der Waals surface area contributed by atoms with Gasteiger partial charge in [0.25, 0.3) is 11.4 Å². The van der Waals surface area contributed by atoms with Gasteiger partial charge in [0.15, 0.2) is 0 Å². The number of rotatable bonds is 11. The van der Waals surface area contributed by atoms with Gasteiger partial charge in [0, 0.05) is 24.3 Å². The Morgan fingerprint density at radius 1 is 0.906 bits per heavy atom. The molecule has 1 N–H and O–H groups in total. The summed E-state index contributed by atoms with van der Waals surface area (Å²) in [5.41, 5.74) is -0.379. The topological polar surface area (TPSA) is 160 Å². The van der Waals surface area contributed by atoms with Crippen LogP contribution in [0.15, 0.2) is 48.5 Å². The van der Waals surface area contributed by atoms with Gasteiger partial charge in [-0.25, -0.2) is 4.57 Å². The van der Waals surface area contributed by atoms with E-state index in [1.807, 2.05) is 0 Å². The highest BCUT2D eigenvalue weighted by Gasteiger charge is 2.31. The van der Waals surface area contributed by atoms with Gasteiger partial charge in [-0.05, 0) is 31.2 Å². The van der Waals surface area contributed by atoms with Crippen LogP contribution in [0.3, 0.4) is 0 Å². The molecule has 172 valence electrons. The van der Waals surface area contributed by atoms with E-state index in [2.05, 4.69) is 5.09 Å². The average Bonchev–Trinajstić information content (AvgIpc) is 2.72. The van der Waals surface area contributed by atoms with Gasteiger partial charge >= 0.3 is 13.7 Å². The lowest BCUT2D eigenvalue weighted by Crippen LogP contribution is -2.33. The van der Waals surface area contributed by atoms with Gasteiger partial charge in [0.1, 0.15) is 18.1 Å². The molecule has 0 amide bonds. The van der Waals surface area contributed by atoms with Crippen LogP contribution in [0.1, 0.15) is 20.8 Å². The number of non-ortho nitro benzene ring substituents is 2. The maximum absolute atomic E-state index is 13.4. The molecule has 12 nitrogen and oxygen atoms in total. The SMILES string of the molecule is CC(C)C(=O)OC[C@H](C)NP(=O)(Oc1ccc([N+](=O)[O-])cc1)Oc1ccc([N+](=O)[O-])cc1. The number of nitrogens with one attached hydrogen (secondary N) is 1. The first-order chi connectivity index (χ1) is 15.0. The number of esters is 1. The fourth-order valence-electron chi connectivity index (χ4n) is 2.29. The minimum atomic E-state index is -4.16. The molecule has 1 atom stereocenters. The largest absolute Gasteiger partial charge is 0.513 e. The van der Waals surface area contributed by atoms with Gasteiger partial charge in [-0.3, -0.25) is 25.0 Å². The van der Waals surface area contributed by atoms with Gasteiger partial charge in [-0.2, -0.15) is 5.09 Å². The summed E-state index contributed by atoms with van der Waals surface area (Å²) in [4.78, 5) is 32.1. The zero-order valence-corrected chi connectivity index (χ0v) is 18.4. The van der Waals surface area contributed by atoms with Crippen LogP contribution in [0.2, 0.25) is 0 Å². The highest BCUT2D eigenvalue weighted by molar-refractivity contribution is 7.52. The van der Waals surface area contributed by atoms with Crippen LogP contribution >= 0.6 is 7.75 Å². The summed E-state index contributed by atoms with van der Waals surface area (Å²) in [7, 11) is -4.16. The van der Waals surface area contributed by atoms with E-state index in [1.54, 1.807) is 20.8 Å². The molecular formula is C19H22N3O9P. The minimum Gasteiger partial charge on any atom is -0.464 e. The van der Waals surface area contributed by atoms with Crippen molar-refractivity contribution in [2.75, 3.05) is 6.61 Å². The molecule has 0 spiro atoms. The van der Waals surface area contributed by atoms with Crippen molar-refractivity contribution in [2.24, 2.45) is 5.92 Å². The standard InChI is InChI=1S/C19H22N3O9P/c1-13(2)19(23)29-12-14(3)20-32(28,30-17-8-4-15(5-9-17)21(24)25)31-18-10-6-16(7-11-18)22(26)27/h4-11,13-14H,12H2,1-3H3,(H,20,28)/t14-/m0/s1. The summed E-state index contributed by atoms with van der Waals surface area (Å²) in [6.07, 6.45) is 0. The molecule has 2 aromatic rings. The van der Waals surface area contributed by atoms with Crippen molar-refractivity contribution in [3.05, 3.63) is 68.8 Å². The van der Waals surface area contributed by atoms with Crippen LogP contribution < -0.4 is 14.1 Å². The molecule has 0 bridgehead atoms. The molecule has 0 saturated carbocycles. The summed E-state index contributed by atoms with van der Waals surface area (Å²) in [6.45, 7) is 4.79. The Labute approximate surface area is 183 Å². The zero-order valence-electron chi connectivity index (χ0n) is 17.5. The second-order valence-corrected chi connectivity index (χ2v) is 8.62. The number of hydrogen-bond acceptors (Lipinski definition) is 9. The first-order valence-corrected chi connectivity index (χ1v) is 11.0. The second kappa shape index (κ2) is 10.7. The molecule has 13 heteroatoms. The van der Waals surface area contributed by atoms with Crippen molar-refractivity contribution in [3.8, 4) is 11.5 Å². The minimum absolute atomic E-state index is 0.0136. The Bertz CT molecular complexity index is 946. The maximum Gasteiger partial charge on any atom is 0.513 e. The number of nitrogens with zero attached hydrogens (tertiary/aromatic N) is 2. The molecule has 2 rings (SSSR count). The fraction of sp³-hybridized carbons (Fsp3) is 0.316. The Balaban J connectivity index is 2.21. The van der Waals surface area contributed by atoms with Gasteiger partial charge in [-0.15, -0.1) is 0 Å². The molecule has 0 aliphatic heterocycles. The van der Waals surface area contributed by atoms with Crippen molar-refractivity contribution in [1.82, 2.24) is 5.09 Å². The predicted molar refractivity (Wildman–Crippen MR) is 113 cm³/mol. The first kappa shape index (κ1) is 24.8. The average molecular weight is 467 g/mol. The summed E-state index contributed by atoms with van der Waals surface area (Å²) in [5, 5.41) is 24.3. The van der Waals surface area contributed by atoms with Gasteiger partial charge in [0.05, 0.1) is 21.8 Å². The number of hydrogen-bond donors (Lipinski definition) is 1. The van der Waals surface area contributed by atoms with Crippen LogP contribution in [0.4, 0.5) is 11.4 Å². The lowest BCUT2D eigenvalue weighted by molar-refractivity contribution is -0.385. The fourth-order valence-corrected chi connectivity index (χ4v) is 3.84. The van der Waals surface area contributed by atoms with Gasteiger partial charge < -0.3 is 13.8 Å². The third kappa shape index (κ3) is 7.33. The van der Waals surface area contributed by atoms with Crippen molar-refractivity contribution < 1.29 is 33.0 Å². The number of carbonyl (C=O) groups excluding carboxylic acids is 1. The molecule has 0 saturated heterocycles. The summed E-state index contributed by atoms with van der Waals surface area (Å²) in [5.74, 6) is -0.762. The van der Waals surface area contributed by atoms with E-state index >= 15 is 0 Å². The number of ether oxygens (including phenoxy) is 1. The third-order valence-electron chi connectivity index (χ3n) is 3.87. The number of nitro groups is 2. The van der Waals surface area contributed by atoms with E-state index in [4.69, 9.17) is 13.8 Å². The van der Waals surface area contributed by atoms with Crippen molar-refractivity contribution in [2.45, 2.75) is 26.8 Å². The van der Waals surface area contributed by atoms with Crippen LogP contribution in [-0.2, 0) is 14.1 Å². The molecule has 0 radical (unpaired) electrons. The van der Waals surface area contributed by atoms with E-state index in [0.29, 0.717) is 0 Å². The Morgan fingerprint density at radius 3 is 1.66 bits per heavy atom. The summed E-state index contributed by atoms with van der Waals surface area (Å²) < 4.78 is 29.5. The molecule has 32 heavy (non-hydrogen) atoms. The molecule has 0 fully saturated rings. The highest BCUT2D eigenvalue weighted by atomic mass is 31.2. The quantitative estimate of drug-likeness (QED) is 0.219. The monoisotopic (exact) mass is 467 g/mol. The van der Waals surface area contributed by atoms with Crippen LogP contribution in [-0.4, -0.2) is 28.5 Å². The number of carbonyl (C=O) groups is 1.